The van der Waals surface area contributed by atoms with E-state index in [4.69, 9.17) is 19.5 Å². The number of nitrogens with one attached hydrogen (secondary N) is 1. The van der Waals surface area contributed by atoms with Gasteiger partial charge in [0.05, 0.1) is 32.3 Å². The summed E-state index contributed by atoms with van der Waals surface area (Å²) in [6, 6.07) is 5.45. The Morgan fingerprint density at radius 1 is 1.17 bits per heavy atom. The number of rotatable bonds is 8. The first-order chi connectivity index (χ1) is 16.8. The standard InChI is InChI=1S/C24H29FN7O2P/c1-14(2)26-8-9-32-20(30-22-21(25)18(33-4)10-19(34-5)23(22)35)7-6-16-24(32)29-17(12-27-16)15-11-28-31(3)13-15/h6-7,10-14,26H,8-9,35H2,1-5H3/b30-20+. The average Bonchev–Trinajstić information content (AvgIpc) is 3.28. The van der Waals surface area contributed by atoms with Gasteiger partial charge in [-0.1, -0.05) is 23.1 Å². The third-order valence-electron chi connectivity index (χ3n) is 5.47. The molecule has 11 heteroatoms. The number of hydrogen-bond donors (Lipinski definition) is 1. The highest BCUT2D eigenvalue weighted by Gasteiger charge is 2.17. The number of nitrogens with zero attached hydrogens (tertiary/aromatic N) is 6. The quantitative estimate of drug-likeness (QED) is 0.377. The van der Waals surface area contributed by atoms with Crippen LogP contribution < -0.4 is 25.6 Å². The highest BCUT2D eigenvalue weighted by molar-refractivity contribution is 7.28. The molecule has 3 heterocycles. The number of aryl methyl sites for hydroxylation is 1. The zero-order valence-corrected chi connectivity index (χ0v) is 21.6. The summed E-state index contributed by atoms with van der Waals surface area (Å²) in [4.78, 5) is 14.2. The first kappa shape index (κ1) is 24.8. The summed E-state index contributed by atoms with van der Waals surface area (Å²) in [5.41, 5.74) is 3.53. The Labute approximate surface area is 205 Å². The topological polar surface area (TPSA) is 91.4 Å². The smallest absolute Gasteiger partial charge is 0.191 e. The average molecular weight is 498 g/mol. The van der Waals surface area contributed by atoms with Gasteiger partial charge in [0.25, 0.3) is 0 Å². The van der Waals surface area contributed by atoms with Gasteiger partial charge in [-0.3, -0.25) is 9.67 Å². The van der Waals surface area contributed by atoms with Crippen molar-refractivity contribution in [2.45, 2.75) is 26.4 Å². The molecule has 0 bridgehead atoms. The van der Waals surface area contributed by atoms with Crippen molar-refractivity contribution in [1.29, 1.82) is 0 Å². The second kappa shape index (κ2) is 10.5. The van der Waals surface area contributed by atoms with E-state index in [0.717, 1.165) is 5.56 Å². The molecule has 3 aromatic heterocycles. The fourth-order valence-electron chi connectivity index (χ4n) is 3.69. The number of methoxy groups -OCH3 is 2. The Morgan fingerprint density at radius 3 is 2.60 bits per heavy atom. The maximum atomic E-state index is 15.3. The van der Waals surface area contributed by atoms with E-state index >= 15 is 4.39 Å². The molecule has 0 radical (unpaired) electrons. The fraction of sp³-hybridized carbons (Fsp3) is 0.333. The van der Waals surface area contributed by atoms with Crippen molar-refractivity contribution in [3.63, 3.8) is 0 Å². The van der Waals surface area contributed by atoms with E-state index in [1.807, 2.05) is 29.9 Å². The van der Waals surface area contributed by atoms with Gasteiger partial charge in [-0.25, -0.2) is 14.4 Å². The molecular weight excluding hydrogens is 468 g/mol. The van der Waals surface area contributed by atoms with Crippen LogP contribution in [0.25, 0.3) is 22.4 Å². The summed E-state index contributed by atoms with van der Waals surface area (Å²) in [5, 5.41) is 8.15. The summed E-state index contributed by atoms with van der Waals surface area (Å²) in [5.74, 6) is -0.0563. The first-order valence-electron chi connectivity index (χ1n) is 11.2. The summed E-state index contributed by atoms with van der Waals surface area (Å²) in [6.45, 7) is 5.38. The van der Waals surface area contributed by atoms with E-state index in [1.54, 1.807) is 17.1 Å². The number of aromatic nitrogens is 5. The van der Waals surface area contributed by atoms with Crippen LogP contribution in [0.2, 0.25) is 0 Å². The van der Waals surface area contributed by atoms with Crippen molar-refractivity contribution >= 4 is 31.4 Å². The Bertz CT molecular complexity index is 1400. The number of halogens is 1. The SMILES string of the molecule is COc1cc(OC)c(P)c(/N=c2\ccc3ncc(-c4cnn(C)c4)nc3n2CCNC(C)C)c1F. The lowest BCUT2D eigenvalue weighted by molar-refractivity contribution is 0.376. The minimum Gasteiger partial charge on any atom is -0.496 e. The van der Waals surface area contributed by atoms with E-state index in [1.165, 1.54) is 20.3 Å². The maximum absolute atomic E-state index is 15.3. The highest BCUT2D eigenvalue weighted by atomic mass is 31.0. The van der Waals surface area contributed by atoms with Gasteiger partial charge in [0.1, 0.15) is 22.4 Å². The van der Waals surface area contributed by atoms with Gasteiger partial charge in [0, 0.05) is 49.3 Å². The molecule has 0 aliphatic carbocycles. The highest BCUT2D eigenvalue weighted by Crippen LogP contribution is 2.32. The molecule has 0 saturated carbocycles. The van der Waals surface area contributed by atoms with Crippen LogP contribution in [0.15, 0.2) is 41.8 Å². The first-order valence-corrected chi connectivity index (χ1v) is 11.7. The van der Waals surface area contributed by atoms with Gasteiger partial charge < -0.3 is 19.4 Å². The van der Waals surface area contributed by atoms with Gasteiger partial charge in [-0.2, -0.15) is 5.10 Å². The molecule has 0 aliphatic rings. The molecule has 0 amide bonds. The molecular formula is C24H29FN7O2P. The molecule has 0 spiro atoms. The van der Waals surface area contributed by atoms with Crippen LogP contribution in [0.1, 0.15) is 13.8 Å². The molecule has 1 N–H and O–H groups in total. The predicted molar refractivity (Wildman–Crippen MR) is 137 cm³/mol. The Hall–Kier alpha value is -3.36. The van der Waals surface area contributed by atoms with E-state index in [2.05, 4.69) is 38.5 Å². The predicted octanol–water partition coefficient (Wildman–Crippen LogP) is 2.72. The molecule has 184 valence electrons. The normalized spacial score (nSPS) is 12.1. The largest absolute Gasteiger partial charge is 0.496 e. The number of benzene rings is 1. The fourth-order valence-corrected chi connectivity index (χ4v) is 4.08. The lowest BCUT2D eigenvalue weighted by Crippen LogP contribution is -2.31. The van der Waals surface area contributed by atoms with E-state index in [9.17, 15) is 0 Å². The summed E-state index contributed by atoms with van der Waals surface area (Å²) in [7, 11) is 7.29. The third-order valence-corrected chi connectivity index (χ3v) is 6.02. The van der Waals surface area contributed by atoms with Crippen LogP contribution in [-0.2, 0) is 13.6 Å². The van der Waals surface area contributed by atoms with Crippen LogP contribution in [0.5, 0.6) is 11.5 Å². The lowest BCUT2D eigenvalue weighted by Gasteiger charge is -2.15. The maximum Gasteiger partial charge on any atom is 0.191 e. The van der Waals surface area contributed by atoms with Crippen LogP contribution in [0.3, 0.4) is 0 Å². The van der Waals surface area contributed by atoms with Gasteiger partial charge in [-0.05, 0) is 12.1 Å². The molecule has 9 nitrogen and oxygen atoms in total. The Kier molecular flexibility index (Phi) is 7.42. The molecule has 1 unspecified atom stereocenters. The van der Waals surface area contributed by atoms with E-state index < -0.39 is 5.82 Å². The van der Waals surface area contributed by atoms with E-state index in [0.29, 0.717) is 52.5 Å². The van der Waals surface area contributed by atoms with Crippen LogP contribution in [-0.4, -0.2) is 51.1 Å². The zero-order chi connectivity index (χ0) is 25.1. The summed E-state index contributed by atoms with van der Waals surface area (Å²) in [6.07, 6.45) is 5.35. The molecule has 0 fully saturated rings. The summed E-state index contributed by atoms with van der Waals surface area (Å²) >= 11 is 0. The molecule has 4 rings (SSSR count). The minimum absolute atomic E-state index is 0.0549. The number of fused-ring (bicyclic) bond motifs is 1. The van der Waals surface area contributed by atoms with Crippen molar-refractivity contribution in [2.24, 2.45) is 12.0 Å². The van der Waals surface area contributed by atoms with Gasteiger partial charge in [0.15, 0.2) is 17.2 Å². The van der Waals surface area contributed by atoms with Crippen molar-refractivity contribution in [3.05, 3.63) is 48.1 Å². The second-order valence-electron chi connectivity index (χ2n) is 8.29. The molecule has 0 saturated heterocycles. The lowest BCUT2D eigenvalue weighted by atomic mass is 10.2. The Morgan fingerprint density at radius 2 is 1.94 bits per heavy atom. The number of ether oxygens (including phenoxy) is 2. The van der Waals surface area contributed by atoms with Gasteiger partial charge in [-0.15, -0.1) is 0 Å². The van der Waals surface area contributed by atoms with Crippen LogP contribution in [0.4, 0.5) is 10.1 Å². The van der Waals surface area contributed by atoms with Crippen molar-refractivity contribution in [2.75, 3.05) is 20.8 Å². The van der Waals surface area contributed by atoms with Gasteiger partial charge in [0.2, 0.25) is 0 Å². The second-order valence-corrected chi connectivity index (χ2v) is 8.87. The van der Waals surface area contributed by atoms with Crippen LogP contribution >= 0.6 is 9.24 Å². The van der Waals surface area contributed by atoms with Crippen molar-refractivity contribution < 1.29 is 13.9 Å². The van der Waals surface area contributed by atoms with Crippen LogP contribution in [0, 0.1) is 5.82 Å². The molecule has 35 heavy (non-hydrogen) atoms. The van der Waals surface area contributed by atoms with E-state index in [-0.39, 0.29) is 11.4 Å². The van der Waals surface area contributed by atoms with Crippen molar-refractivity contribution in [3.8, 4) is 22.8 Å². The molecule has 0 aliphatic heterocycles. The number of hydrogen-bond acceptors (Lipinski definition) is 7. The summed E-state index contributed by atoms with van der Waals surface area (Å²) < 4.78 is 29.5. The zero-order valence-electron chi connectivity index (χ0n) is 20.4. The number of pyridine rings is 1. The third kappa shape index (κ3) is 5.18. The Balaban J connectivity index is 1.96. The molecule has 1 atom stereocenters. The van der Waals surface area contributed by atoms with Crippen molar-refractivity contribution in [1.82, 2.24) is 29.6 Å². The minimum atomic E-state index is -0.569. The monoisotopic (exact) mass is 497 g/mol. The molecule has 1 aromatic carbocycles. The molecule has 4 aromatic rings. The van der Waals surface area contributed by atoms with Gasteiger partial charge >= 0.3 is 0 Å².